The highest BCUT2D eigenvalue weighted by Gasteiger charge is 2.33. The Labute approximate surface area is 159 Å². The summed E-state index contributed by atoms with van der Waals surface area (Å²) in [6, 6.07) is 5.38. The largest absolute Gasteiger partial charge is 0.507 e. The summed E-state index contributed by atoms with van der Waals surface area (Å²) >= 11 is 0. The SMILES string of the molecule is Cc1cc(O)c(CN2CCCCCC2)c2c1C(=O)/C(=C/c1cccnc1)O2. The predicted molar refractivity (Wildman–Crippen MR) is 104 cm³/mol. The first-order chi connectivity index (χ1) is 13.1. The molecule has 0 aliphatic carbocycles. The average molecular weight is 364 g/mol. The maximum atomic E-state index is 12.9. The fourth-order valence-corrected chi connectivity index (χ4v) is 3.86. The van der Waals surface area contributed by atoms with Crippen molar-refractivity contribution >= 4 is 11.9 Å². The lowest BCUT2D eigenvalue weighted by Crippen LogP contribution is -2.24. The van der Waals surface area contributed by atoms with E-state index in [0.717, 1.165) is 24.2 Å². The van der Waals surface area contributed by atoms with Crippen LogP contribution in [0.5, 0.6) is 11.5 Å². The molecule has 1 saturated heterocycles. The number of ether oxygens (including phenoxy) is 1. The smallest absolute Gasteiger partial charge is 0.232 e. The summed E-state index contributed by atoms with van der Waals surface area (Å²) in [7, 11) is 0. The number of rotatable bonds is 3. The van der Waals surface area contributed by atoms with Crippen LogP contribution >= 0.6 is 0 Å². The van der Waals surface area contributed by atoms with Crippen LogP contribution in [0, 0.1) is 6.92 Å². The number of phenolic OH excluding ortho intramolecular Hbond substituents is 1. The second-order valence-corrected chi connectivity index (χ2v) is 7.31. The topological polar surface area (TPSA) is 62.7 Å². The van der Waals surface area contributed by atoms with Gasteiger partial charge in [0.25, 0.3) is 0 Å². The summed E-state index contributed by atoms with van der Waals surface area (Å²) in [4.78, 5) is 19.3. The van der Waals surface area contributed by atoms with Gasteiger partial charge in [-0.3, -0.25) is 14.7 Å². The number of hydrogen-bond donors (Lipinski definition) is 1. The third kappa shape index (κ3) is 3.60. The van der Waals surface area contributed by atoms with Gasteiger partial charge < -0.3 is 9.84 Å². The molecule has 1 aromatic heterocycles. The third-order valence-electron chi connectivity index (χ3n) is 5.28. The number of ketones is 1. The molecule has 1 N–H and O–H groups in total. The number of hydrogen-bond acceptors (Lipinski definition) is 5. The van der Waals surface area contributed by atoms with Gasteiger partial charge in [-0.05, 0) is 62.2 Å². The van der Waals surface area contributed by atoms with Crippen molar-refractivity contribution in [2.24, 2.45) is 0 Å². The first-order valence-electron chi connectivity index (χ1n) is 9.55. The molecule has 0 unspecified atom stereocenters. The normalized spacial score (nSPS) is 19.0. The van der Waals surface area contributed by atoms with E-state index in [1.54, 1.807) is 24.5 Å². The standard InChI is InChI=1S/C22H24N2O3/c1-15-11-18(25)17(14-24-9-4-2-3-5-10-24)22-20(15)21(26)19(27-22)12-16-7-6-8-23-13-16/h6-8,11-13,25H,2-5,9-10,14H2,1H3/b19-12-. The van der Waals surface area contributed by atoms with Gasteiger partial charge in [-0.15, -0.1) is 0 Å². The molecule has 0 atom stereocenters. The van der Waals surface area contributed by atoms with Gasteiger partial charge in [0.05, 0.1) is 11.1 Å². The molecule has 0 saturated carbocycles. The molecule has 2 aliphatic rings. The van der Waals surface area contributed by atoms with Gasteiger partial charge in [-0.1, -0.05) is 18.9 Å². The van der Waals surface area contributed by atoms with Gasteiger partial charge in [-0.2, -0.15) is 0 Å². The van der Waals surface area contributed by atoms with E-state index in [4.69, 9.17) is 4.74 Å². The van der Waals surface area contributed by atoms with Crippen LogP contribution in [0.4, 0.5) is 0 Å². The number of pyridine rings is 1. The Morgan fingerprint density at radius 2 is 2.04 bits per heavy atom. The summed E-state index contributed by atoms with van der Waals surface area (Å²) < 4.78 is 5.99. The van der Waals surface area contributed by atoms with Crippen molar-refractivity contribution < 1.29 is 14.6 Å². The first-order valence-corrected chi connectivity index (χ1v) is 9.55. The number of aromatic hydroxyl groups is 1. The molecule has 5 heteroatoms. The summed E-state index contributed by atoms with van der Waals surface area (Å²) in [5.74, 6) is 0.857. The molecule has 0 radical (unpaired) electrons. The molecule has 2 aliphatic heterocycles. The van der Waals surface area contributed by atoms with Crippen LogP contribution in [0.3, 0.4) is 0 Å². The maximum absolute atomic E-state index is 12.9. The quantitative estimate of drug-likeness (QED) is 0.831. The highest BCUT2D eigenvalue weighted by atomic mass is 16.5. The minimum absolute atomic E-state index is 0.136. The fourth-order valence-electron chi connectivity index (χ4n) is 3.86. The summed E-state index contributed by atoms with van der Waals surface area (Å²) in [6.07, 6.45) is 9.93. The Balaban J connectivity index is 1.69. The van der Waals surface area contributed by atoms with E-state index in [1.807, 2.05) is 19.1 Å². The van der Waals surface area contributed by atoms with Crippen LogP contribution in [-0.4, -0.2) is 33.9 Å². The lowest BCUT2D eigenvalue weighted by molar-refractivity contribution is 0.101. The summed E-state index contributed by atoms with van der Waals surface area (Å²) in [5, 5.41) is 10.6. The van der Waals surface area contributed by atoms with Gasteiger partial charge in [-0.25, -0.2) is 0 Å². The van der Waals surface area contributed by atoms with Crippen molar-refractivity contribution in [1.29, 1.82) is 0 Å². The Kier molecular flexibility index (Phi) is 4.94. The first kappa shape index (κ1) is 17.7. The van der Waals surface area contributed by atoms with Crippen LogP contribution in [0.1, 0.15) is 52.7 Å². The monoisotopic (exact) mass is 364 g/mol. The Hall–Kier alpha value is -2.66. The highest BCUT2D eigenvalue weighted by Crippen LogP contribution is 2.42. The predicted octanol–water partition coefficient (Wildman–Crippen LogP) is 4.09. The number of likely N-dealkylation sites (tertiary alicyclic amines) is 1. The molecule has 4 rings (SSSR count). The number of carbonyl (C=O) groups excluding carboxylic acids is 1. The lowest BCUT2D eigenvalue weighted by Gasteiger charge is -2.21. The summed E-state index contributed by atoms with van der Waals surface area (Å²) in [5.41, 5.74) is 2.82. The van der Waals surface area contributed by atoms with E-state index in [1.165, 1.54) is 25.7 Å². The molecule has 27 heavy (non-hydrogen) atoms. The summed E-state index contributed by atoms with van der Waals surface area (Å²) in [6.45, 7) is 4.45. The number of carbonyl (C=O) groups is 1. The second kappa shape index (κ2) is 7.53. The Bertz CT molecular complexity index is 882. The molecule has 5 nitrogen and oxygen atoms in total. The van der Waals surface area contributed by atoms with Crippen LogP contribution in [0.15, 0.2) is 36.4 Å². The average Bonchev–Trinajstić information content (AvgIpc) is 2.83. The van der Waals surface area contributed by atoms with Crippen LogP contribution < -0.4 is 4.74 Å². The van der Waals surface area contributed by atoms with Crippen molar-refractivity contribution in [3.63, 3.8) is 0 Å². The van der Waals surface area contributed by atoms with E-state index >= 15 is 0 Å². The van der Waals surface area contributed by atoms with Crippen molar-refractivity contribution in [2.75, 3.05) is 13.1 Å². The van der Waals surface area contributed by atoms with E-state index in [9.17, 15) is 9.90 Å². The molecule has 0 spiro atoms. The highest BCUT2D eigenvalue weighted by molar-refractivity contribution is 6.15. The number of Topliss-reactive ketones (excluding diaryl/α,β-unsaturated/α-hetero) is 1. The van der Waals surface area contributed by atoms with Crippen molar-refractivity contribution in [1.82, 2.24) is 9.88 Å². The molecular weight excluding hydrogens is 340 g/mol. The van der Waals surface area contributed by atoms with Gasteiger partial charge >= 0.3 is 0 Å². The lowest BCUT2D eigenvalue weighted by atomic mass is 9.99. The number of fused-ring (bicyclic) bond motifs is 1. The molecule has 3 heterocycles. The maximum Gasteiger partial charge on any atom is 0.232 e. The number of allylic oxidation sites excluding steroid dienone is 1. The minimum Gasteiger partial charge on any atom is -0.507 e. The number of aromatic nitrogens is 1. The third-order valence-corrected chi connectivity index (χ3v) is 5.28. The Morgan fingerprint density at radius 3 is 2.74 bits per heavy atom. The molecule has 0 amide bonds. The fraction of sp³-hybridized carbons (Fsp3) is 0.364. The van der Waals surface area contributed by atoms with Gasteiger partial charge in [0, 0.05) is 18.9 Å². The van der Waals surface area contributed by atoms with Crippen molar-refractivity contribution in [3.05, 3.63) is 58.6 Å². The van der Waals surface area contributed by atoms with Crippen LogP contribution in [0.2, 0.25) is 0 Å². The molecule has 0 bridgehead atoms. The second-order valence-electron chi connectivity index (χ2n) is 7.31. The number of phenols is 1. The molecule has 1 fully saturated rings. The Morgan fingerprint density at radius 1 is 1.26 bits per heavy atom. The molecule has 1 aromatic carbocycles. The van der Waals surface area contributed by atoms with Crippen molar-refractivity contribution in [3.8, 4) is 11.5 Å². The number of aryl methyl sites for hydroxylation is 1. The van der Waals surface area contributed by atoms with Crippen LogP contribution in [-0.2, 0) is 6.54 Å². The van der Waals surface area contributed by atoms with E-state index < -0.39 is 0 Å². The van der Waals surface area contributed by atoms with E-state index in [2.05, 4.69) is 9.88 Å². The van der Waals surface area contributed by atoms with Gasteiger partial charge in [0.15, 0.2) is 5.76 Å². The molecular formula is C22H24N2O3. The number of nitrogens with zero attached hydrogens (tertiary/aromatic N) is 2. The van der Waals surface area contributed by atoms with E-state index in [0.29, 0.717) is 23.4 Å². The van der Waals surface area contributed by atoms with Crippen LogP contribution in [0.25, 0.3) is 6.08 Å². The van der Waals surface area contributed by atoms with Gasteiger partial charge in [0.1, 0.15) is 11.5 Å². The molecule has 140 valence electrons. The van der Waals surface area contributed by atoms with Crippen molar-refractivity contribution in [2.45, 2.75) is 39.2 Å². The zero-order valence-corrected chi connectivity index (χ0v) is 15.6. The zero-order valence-electron chi connectivity index (χ0n) is 15.6. The zero-order chi connectivity index (χ0) is 18.8. The number of benzene rings is 1. The van der Waals surface area contributed by atoms with Gasteiger partial charge in [0.2, 0.25) is 5.78 Å². The van der Waals surface area contributed by atoms with E-state index in [-0.39, 0.29) is 17.3 Å². The molecule has 2 aromatic rings. The minimum atomic E-state index is -0.136.